The Morgan fingerprint density at radius 3 is 2.53 bits per heavy atom. The second-order valence-corrected chi connectivity index (χ2v) is 6.29. The van der Waals surface area contributed by atoms with E-state index in [1.54, 1.807) is 0 Å². The zero-order valence-corrected chi connectivity index (χ0v) is 10.3. The van der Waals surface area contributed by atoms with Gasteiger partial charge in [0, 0.05) is 18.4 Å². The van der Waals surface area contributed by atoms with Crippen LogP contribution >= 0.6 is 0 Å². The predicted octanol–water partition coefficient (Wildman–Crippen LogP) is 0.847. The lowest BCUT2D eigenvalue weighted by Gasteiger charge is -2.22. The molecule has 0 fully saturated rings. The van der Waals surface area contributed by atoms with Gasteiger partial charge in [0.25, 0.3) is 5.69 Å². The average Bonchev–Trinajstić information content (AvgIpc) is 2.14. The van der Waals surface area contributed by atoms with E-state index >= 15 is 0 Å². The first-order valence-electron chi connectivity index (χ1n) is 4.77. The summed E-state index contributed by atoms with van der Waals surface area (Å²) in [5, 5.41) is 20.6. The van der Waals surface area contributed by atoms with Crippen molar-refractivity contribution in [2.24, 2.45) is 0 Å². The van der Waals surface area contributed by atoms with Crippen LogP contribution in [0, 0.1) is 10.1 Å². The zero-order chi connectivity index (χ0) is 13.3. The molecular formula is C10H13NO5S. The summed E-state index contributed by atoms with van der Waals surface area (Å²) >= 11 is 0. The van der Waals surface area contributed by atoms with Crippen LogP contribution in [0.2, 0.25) is 0 Å². The Balaban J connectivity index is 3.15. The lowest BCUT2D eigenvalue weighted by molar-refractivity contribution is -0.385. The molecule has 0 aromatic heterocycles. The topological polar surface area (TPSA) is 97.5 Å². The normalized spacial score (nSPS) is 15.2. The van der Waals surface area contributed by atoms with Crippen LogP contribution in [0.25, 0.3) is 0 Å². The Labute approximate surface area is 99.0 Å². The summed E-state index contributed by atoms with van der Waals surface area (Å²) in [5.41, 5.74) is -1.62. The molecule has 1 aromatic carbocycles. The third-order valence-corrected chi connectivity index (χ3v) is 3.31. The number of nitro groups is 1. The van der Waals surface area contributed by atoms with Gasteiger partial charge < -0.3 is 5.11 Å². The second-order valence-electron chi connectivity index (χ2n) is 4.15. The van der Waals surface area contributed by atoms with E-state index in [1.165, 1.54) is 31.2 Å². The first kappa shape index (κ1) is 13.6. The fraction of sp³-hybridized carbons (Fsp3) is 0.400. The van der Waals surface area contributed by atoms with Crippen molar-refractivity contribution in [1.82, 2.24) is 0 Å². The van der Waals surface area contributed by atoms with Crippen LogP contribution in [0.1, 0.15) is 12.5 Å². The molecule has 0 heterocycles. The molecule has 0 amide bonds. The maximum absolute atomic E-state index is 11.1. The highest BCUT2D eigenvalue weighted by molar-refractivity contribution is 7.90. The molecule has 0 radical (unpaired) electrons. The maximum Gasteiger partial charge on any atom is 0.269 e. The molecule has 1 atom stereocenters. The van der Waals surface area contributed by atoms with Gasteiger partial charge in [-0.05, 0) is 12.5 Å². The quantitative estimate of drug-likeness (QED) is 0.638. The number of nitro benzene ring substituents is 1. The van der Waals surface area contributed by atoms with E-state index in [9.17, 15) is 23.6 Å². The molecule has 94 valence electrons. The van der Waals surface area contributed by atoms with E-state index in [4.69, 9.17) is 0 Å². The minimum atomic E-state index is -3.38. The number of hydrogen-bond donors (Lipinski definition) is 1. The Kier molecular flexibility index (Phi) is 3.53. The van der Waals surface area contributed by atoms with Crippen molar-refractivity contribution in [3.63, 3.8) is 0 Å². The van der Waals surface area contributed by atoms with Gasteiger partial charge in [-0.25, -0.2) is 8.42 Å². The van der Waals surface area contributed by atoms with E-state index in [-0.39, 0.29) is 11.3 Å². The Bertz CT molecular complexity index is 535. The van der Waals surface area contributed by atoms with Crippen LogP contribution in [0.4, 0.5) is 5.69 Å². The highest BCUT2D eigenvalue weighted by Crippen LogP contribution is 2.25. The Morgan fingerprint density at radius 2 is 2.06 bits per heavy atom. The molecular weight excluding hydrogens is 246 g/mol. The van der Waals surface area contributed by atoms with Crippen molar-refractivity contribution >= 4 is 15.5 Å². The minimum absolute atomic E-state index is 0.184. The molecule has 17 heavy (non-hydrogen) atoms. The monoisotopic (exact) mass is 259 g/mol. The SMILES string of the molecule is C[C@@](O)(CS(C)(=O)=O)c1cccc([N+](=O)[O-])c1. The Morgan fingerprint density at radius 1 is 1.47 bits per heavy atom. The van der Waals surface area contributed by atoms with Crippen molar-refractivity contribution in [2.75, 3.05) is 12.0 Å². The summed E-state index contributed by atoms with van der Waals surface area (Å²) in [5.74, 6) is -0.485. The van der Waals surface area contributed by atoms with E-state index in [1.807, 2.05) is 0 Å². The van der Waals surface area contributed by atoms with Crippen LogP contribution < -0.4 is 0 Å². The largest absolute Gasteiger partial charge is 0.384 e. The molecule has 1 rings (SSSR count). The van der Waals surface area contributed by atoms with Crippen LogP contribution in [-0.4, -0.2) is 30.5 Å². The lowest BCUT2D eigenvalue weighted by Crippen LogP contribution is -2.30. The van der Waals surface area contributed by atoms with Crippen molar-refractivity contribution in [1.29, 1.82) is 0 Å². The highest BCUT2D eigenvalue weighted by Gasteiger charge is 2.29. The van der Waals surface area contributed by atoms with Gasteiger partial charge in [-0.2, -0.15) is 0 Å². The predicted molar refractivity (Wildman–Crippen MR) is 62.4 cm³/mol. The Hall–Kier alpha value is -1.47. The summed E-state index contributed by atoms with van der Waals surface area (Å²) in [6, 6.07) is 5.31. The molecule has 0 spiro atoms. The van der Waals surface area contributed by atoms with Gasteiger partial charge in [0.1, 0.15) is 5.60 Å². The molecule has 0 aliphatic rings. The zero-order valence-electron chi connectivity index (χ0n) is 9.45. The summed E-state index contributed by atoms with van der Waals surface area (Å²) in [4.78, 5) is 9.97. The first-order valence-corrected chi connectivity index (χ1v) is 6.83. The summed E-state index contributed by atoms with van der Waals surface area (Å²) in [6.07, 6.45) is 0.999. The fourth-order valence-corrected chi connectivity index (χ4v) is 2.74. The second kappa shape index (κ2) is 4.42. The van der Waals surface area contributed by atoms with E-state index < -0.39 is 26.1 Å². The van der Waals surface area contributed by atoms with Crippen LogP contribution in [0.15, 0.2) is 24.3 Å². The van der Waals surface area contributed by atoms with Gasteiger partial charge in [-0.3, -0.25) is 10.1 Å². The van der Waals surface area contributed by atoms with Crippen LogP contribution in [-0.2, 0) is 15.4 Å². The molecule has 0 aliphatic carbocycles. The standard InChI is InChI=1S/C10H13NO5S/c1-10(12,7-17(2,15)16)8-4-3-5-9(6-8)11(13)14/h3-6,12H,7H2,1-2H3/t10-/m1/s1. The number of hydrogen-bond acceptors (Lipinski definition) is 5. The van der Waals surface area contributed by atoms with Gasteiger partial charge in [-0.15, -0.1) is 0 Å². The molecule has 0 bridgehead atoms. The molecule has 1 aromatic rings. The van der Waals surface area contributed by atoms with Crippen molar-refractivity contribution in [3.05, 3.63) is 39.9 Å². The number of non-ortho nitro benzene ring substituents is 1. The van der Waals surface area contributed by atoms with Gasteiger partial charge in [0.05, 0.1) is 10.7 Å². The molecule has 0 saturated heterocycles. The van der Waals surface area contributed by atoms with Crippen LogP contribution in [0.5, 0.6) is 0 Å². The maximum atomic E-state index is 11.1. The van der Waals surface area contributed by atoms with Gasteiger partial charge in [0.2, 0.25) is 0 Å². The van der Waals surface area contributed by atoms with Crippen molar-refractivity contribution in [3.8, 4) is 0 Å². The van der Waals surface area contributed by atoms with Gasteiger partial charge >= 0.3 is 0 Å². The highest BCUT2D eigenvalue weighted by atomic mass is 32.2. The van der Waals surface area contributed by atoms with Crippen molar-refractivity contribution < 1.29 is 18.4 Å². The first-order chi connectivity index (χ1) is 7.62. The van der Waals surface area contributed by atoms with Gasteiger partial charge in [0.15, 0.2) is 9.84 Å². The third kappa shape index (κ3) is 3.79. The molecule has 0 saturated carbocycles. The molecule has 1 N–H and O–H groups in total. The molecule has 0 unspecified atom stereocenters. The number of rotatable bonds is 4. The summed E-state index contributed by atoms with van der Waals surface area (Å²) < 4.78 is 22.3. The number of benzene rings is 1. The van der Waals surface area contributed by atoms with Crippen LogP contribution in [0.3, 0.4) is 0 Å². The van der Waals surface area contributed by atoms with Gasteiger partial charge in [-0.1, -0.05) is 12.1 Å². The number of sulfone groups is 1. The van der Waals surface area contributed by atoms with E-state index in [0.717, 1.165) is 6.26 Å². The lowest BCUT2D eigenvalue weighted by atomic mass is 9.98. The van der Waals surface area contributed by atoms with E-state index in [2.05, 4.69) is 0 Å². The number of aliphatic hydroxyl groups is 1. The van der Waals surface area contributed by atoms with Crippen molar-refractivity contribution in [2.45, 2.75) is 12.5 Å². The minimum Gasteiger partial charge on any atom is -0.384 e. The number of nitrogens with zero attached hydrogens (tertiary/aromatic N) is 1. The third-order valence-electron chi connectivity index (χ3n) is 2.22. The summed E-state index contributed by atoms with van der Waals surface area (Å²) in [6.45, 7) is 1.31. The smallest absolute Gasteiger partial charge is 0.269 e. The summed E-state index contributed by atoms with van der Waals surface area (Å²) in [7, 11) is -3.38. The molecule has 6 nitrogen and oxygen atoms in total. The average molecular weight is 259 g/mol. The van der Waals surface area contributed by atoms with E-state index in [0.29, 0.717) is 0 Å². The molecule has 7 heteroatoms. The fourth-order valence-electron chi connectivity index (χ4n) is 1.55. The molecule has 0 aliphatic heterocycles.